The number of unbranched alkanes of at least 4 members (excludes halogenated alkanes) is 2. The van der Waals surface area contributed by atoms with E-state index in [4.69, 9.17) is 9.15 Å². The van der Waals surface area contributed by atoms with Crippen LogP contribution in [0, 0.1) is 18.6 Å². The second-order valence-corrected chi connectivity index (χ2v) is 8.29. The number of halogens is 2. The predicted octanol–water partition coefficient (Wildman–Crippen LogP) is 6.06. The minimum atomic E-state index is -1.29. The summed E-state index contributed by atoms with van der Waals surface area (Å²) < 4.78 is 40.0. The Kier molecular flexibility index (Phi) is 7.00. The van der Waals surface area contributed by atoms with Crippen molar-refractivity contribution in [3.63, 3.8) is 0 Å². The van der Waals surface area contributed by atoms with Gasteiger partial charge >= 0.3 is 0 Å². The first-order valence-corrected chi connectivity index (χ1v) is 11.4. The molecule has 2 aromatic carbocycles. The molecule has 1 atom stereocenters. The van der Waals surface area contributed by atoms with Crippen molar-refractivity contribution in [2.75, 3.05) is 11.5 Å². The maximum Gasteiger partial charge on any atom is 0.300 e. The highest BCUT2D eigenvalue weighted by atomic mass is 19.1. The number of aliphatic hydroxyl groups is 1. The highest BCUT2D eigenvalue weighted by Crippen LogP contribution is 2.43. The number of Topliss-reactive ketones (excluding diaryl/α,β-unsaturated/α-hetero) is 1. The first-order chi connectivity index (χ1) is 16.8. The zero-order valence-electron chi connectivity index (χ0n) is 19.4. The summed E-state index contributed by atoms with van der Waals surface area (Å²) in [4.78, 5) is 26.9. The second-order valence-electron chi connectivity index (χ2n) is 8.29. The maximum atomic E-state index is 14.7. The third kappa shape index (κ3) is 4.82. The highest BCUT2D eigenvalue weighted by molar-refractivity contribution is 6.51. The van der Waals surface area contributed by atoms with Crippen LogP contribution in [0.5, 0.6) is 5.75 Å². The Balaban J connectivity index is 1.77. The van der Waals surface area contributed by atoms with Crippen LogP contribution >= 0.6 is 0 Å². The Morgan fingerprint density at radius 1 is 1.06 bits per heavy atom. The van der Waals surface area contributed by atoms with E-state index in [1.54, 1.807) is 37.3 Å². The number of carbonyl (C=O) groups excluding carboxylic acids is 2. The molecule has 1 fully saturated rings. The number of hydrogen-bond acceptors (Lipinski definition) is 5. The summed E-state index contributed by atoms with van der Waals surface area (Å²) in [5.41, 5.74) is -0.456. The molecule has 8 heteroatoms. The van der Waals surface area contributed by atoms with Gasteiger partial charge in [-0.05, 0) is 61.9 Å². The number of rotatable bonds is 8. The van der Waals surface area contributed by atoms with Gasteiger partial charge in [0.25, 0.3) is 11.7 Å². The van der Waals surface area contributed by atoms with Crippen molar-refractivity contribution in [1.82, 2.24) is 0 Å². The molecule has 1 amide bonds. The maximum absolute atomic E-state index is 14.7. The van der Waals surface area contributed by atoms with Crippen molar-refractivity contribution >= 4 is 23.1 Å². The number of nitrogens with zero attached hydrogens (tertiary/aromatic N) is 1. The zero-order chi connectivity index (χ0) is 25.1. The molecule has 0 aliphatic carbocycles. The van der Waals surface area contributed by atoms with Gasteiger partial charge < -0.3 is 14.3 Å². The number of aliphatic hydroxyl groups excluding tert-OH is 1. The fourth-order valence-electron chi connectivity index (χ4n) is 4.03. The Morgan fingerprint density at radius 2 is 1.80 bits per heavy atom. The largest absolute Gasteiger partial charge is 0.507 e. The minimum Gasteiger partial charge on any atom is -0.507 e. The van der Waals surface area contributed by atoms with Crippen LogP contribution in [0.1, 0.15) is 49.3 Å². The summed E-state index contributed by atoms with van der Waals surface area (Å²) in [7, 11) is 0. The third-order valence-corrected chi connectivity index (χ3v) is 5.79. The van der Waals surface area contributed by atoms with Crippen LogP contribution in [0.3, 0.4) is 0 Å². The minimum absolute atomic E-state index is 0.128. The molecule has 2 heterocycles. The Hall–Kier alpha value is -3.94. The van der Waals surface area contributed by atoms with Crippen LogP contribution in [-0.2, 0) is 9.59 Å². The fourth-order valence-corrected chi connectivity index (χ4v) is 4.03. The Labute approximate surface area is 201 Å². The molecule has 1 aliphatic heterocycles. The van der Waals surface area contributed by atoms with E-state index in [0.29, 0.717) is 18.1 Å². The normalized spacial score (nSPS) is 17.3. The van der Waals surface area contributed by atoms with Gasteiger partial charge in [-0.3, -0.25) is 14.5 Å². The molecule has 0 spiro atoms. The highest BCUT2D eigenvalue weighted by Gasteiger charge is 2.49. The van der Waals surface area contributed by atoms with Gasteiger partial charge in [-0.1, -0.05) is 19.8 Å². The summed E-state index contributed by atoms with van der Waals surface area (Å²) >= 11 is 0. The topological polar surface area (TPSA) is 80.0 Å². The number of anilines is 1. The number of furan rings is 1. The van der Waals surface area contributed by atoms with Crippen molar-refractivity contribution in [2.45, 2.75) is 39.2 Å². The quantitative estimate of drug-likeness (QED) is 0.183. The number of ether oxygens (including phenoxy) is 1. The van der Waals surface area contributed by atoms with Crippen molar-refractivity contribution in [2.24, 2.45) is 0 Å². The first-order valence-electron chi connectivity index (χ1n) is 11.4. The van der Waals surface area contributed by atoms with Crippen LogP contribution in [0.15, 0.2) is 64.6 Å². The lowest BCUT2D eigenvalue weighted by atomic mass is 9.99. The summed E-state index contributed by atoms with van der Waals surface area (Å²) in [5.74, 6) is -3.08. The predicted molar refractivity (Wildman–Crippen MR) is 126 cm³/mol. The van der Waals surface area contributed by atoms with Crippen LogP contribution in [0.2, 0.25) is 0 Å². The van der Waals surface area contributed by atoms with Gasteiger partial charge in [-0.2, -0.15) is 0 Å². The molecule has 1 aromatic heterocycles. The Morgan fingerprint density at radius 3 is 2.46 bits per heavy atom. The van der Waals surface area contributed by atoms with Crippen molar-refractivity contribution < 1.29 is 32.6 Å². The van der Waals surface area contributed by atoms with E-state index < -0.39 is 40.8 Å². The Bertz CT molecular complexity index is 1280. The zero-order valence-corrected chi connectivity index (χ0v) is 19.4. The van der Waals surface area contributed by atoms with E-state index >= 15 is 0 Å². The van der Waals surface area contributed by atoms with E-state index in [9.17, 15) is 23.5 Å². The van der Waals surface area contributed by atoms with Gasteiger partial charge in [0.2, 0.25) is 0 Å². The molecule has 182 valence electrons. The lowest BCUT2D eigenvalue weighted by molar-refractivity contribution is -0.132. The van der Waals surface area contributed by atoms with Gasteiger partial charge in [0.1, 0.15) is 40.7 Å². The van der Waals surface area contributed by atoms with Crippen LogP contribution in [-0.4, -0.2) is 23.4 Å². The summed E-state index contributed by atoms with van der Waals surface area (Å²) in [6, 6.07) is 10.9. The molecule has 4 rings (SSSR count). The molecular formula is C27H25F2NO5. The molecule has 0 saturated carbocycles. The average molecular weight is 481 g/mol. The van der Waals surface area contributed by atoms with E-state index in [0.717, 1.165) is 42.4 Å². The fraction of sp³-hybridized carbons (Fsp3) is 0.259. The van der Waals surface area contributed by atoms with Gasteiger partial charge in [0.15, 0.2) is 0 Å². The molecule has 1 N–H and O–H groups in total. The SMILES string of the molecule is CCCCCOc1ccc(/C(O)=C2/C(=O)C(=O)N(c3cc(F)ccc3F)C2c2ccc(C)o2)cc1. The molecule has 0 radical (unpaired) electrons. The number of benzene rings is 2. The van der Waals surface area contributed by atoms with Crippen LogP contribution in [0.4, 0.5) is 14.5 Å². The van der Waals surface area contributed by atoms with Crippen molar-refractivity contribution in [3.8, 4) is 5.75 Å². The summed E-state index contributed by atoms with van der Waals surface area (Å²) in [6.45, 7) is 4.32. The third-order valence-electron chi connectivity index (χ3n) is 5.79. The average Bonchev–Trinajstić information content (AvgIpc) is 3.39. The number of aryl methyl sites for hydroxylation is 1. The molecule has 1 aliphatic rings. The standard InChI is InChI=1S/C27H25F2NO5/c1-3-4-5-14-34-19-10-7-17(8-11-19)25(31)23-24(22-13-6-16(2)35-22)30(27(33)26(23)32)21-15-18(28)9-12-20(21)29/h6-13,15,24,31H,3-5,14H2,1-2H3/b25-23-. The smallest absolute Gasteiger partial charge is 0.300 e. The second kappa shape index (κ2) is 10.1. The lowest BCUT2D eigenvalue weighted by Gasteiger charge is -2.23. The van der Waals surface area contributed by atoms with Gasteiger partial charge in [0.05, 0.1) is 17.9 Å². The van der Waals surface area contributed by atoms with E-state index in [-0.39, 0.29) is 16.9 Å². The van der Waals surface area contributed by atoms with Crippen molar-refractivity contribution in [3.05, 3.63) is 88.9 Å². The van der Waals surface area contributed by atoms with Crippen molar-refractivity contribution in [1.29, 1.82) is 0 Å². The van der Waals surface area contributed by atoms with Crippen LogP contribution < -0.4 is 9.64 Å². The molecule has 3 aromatic rings. The van der Waals surface area contributed by atoms with E-state index in [1.807, 2.05) is 0 Å². The lowest BCUT2D eigenvalue weighted by Crippen LogP contribution is -2.30. The van der Waals surface area contributed by atoms with Crippen LogP contribution in [0.25, 0.3) is 5.76 Å². The summed E-state index contributed by atoms with van der Waals surface area (Å²) in [6.07, 6.45) is 3.04. The van der Waals surface area contributed by atoms with E-state index in [2.05, 4.69) is 6.92 Å². The van der Waals surface area contributed by atoms with E-state index in [1.165, 1.54) is 6.07 Å². The molecule has 1 saturated heterocycles. The molecule has 1 unspecified atom stereocenters. The number of amides is 1. The molecular weight excluding hydrogens is 456 g/mol. The molecule has 35 heavy (non-hydrogen) atoms. The molecule has 0 bridgehead atoms. The number of ketones is 1. The number of carbonyl (C=O) groups is 2. The van der Waals surface area contributed by atoms with Gasteiger partial charge in [-0.15, -0.1) is 0 Å². The van der Waals surface area contributed by atoms with Gasteiger partial charge in [0, 0.05) is 11.6 Å². The monoisotopic (exact) mass is 481 g/mol. The van der Waals surface area contributed by atoms with Gasteiger partial charge in [-0.25, -0.2) is 8.78 Å². The first kappa shape index (κ1) is 24.2. The molecule has 6 nitrogen and oxygen atoms in total. The number of hydrogen-bond donors (Lipinski definition) is 1. The summed E-state index contributed by atoms with van der Waals surface area (Å²) in [5, 5.41) is 11.1.